The van der Waals surface area contributed by atoms with E-state index in [1.165, 1.54) is 60.0 Å². The van der Waals surface area contributed by atoms with Crippen molar-refractivity contribution in [2.24, 2.45) is 0 Å². The summed E-state index contributed by atoms with van der Waals surface area (Å²) in [6, 6.07) is 57.2. The average Bonchev–Trinajstić information content (AvgIpc) is 3.56. The summed E-state index contributed by atoms with van der Waals surface area (Å²) >= 11 is 0. The van der Waals surface area contributed by atoms with Crippen LogP contribution >= 0.6 is 0 Å². The Kier molecular flexibility index (Phi) is 5.38. The van der Waals surface area contributed by atoms with E-state index in [1.54, 1.807) is 0 Å². The number of hydrogen-bond donors (Lipinski definition) is 0. The van der Waals surface area contributed by atoms with Crippen molar-refractivity contribution in [1.82, 2.24) is 14.4 Å². The molecule has 0 spiro atoms. The third-order valence-corrected chi connectivity index (χ3v) is 10.4. The molecule has 0 fully saturated rings. The van der Waals surface area contributed by atoms with E-state index in [4.69, 9.17) is 9.97 Å². The van der Waals surface area contributed by atoms with E-state index in [0.29, 0.717) is 0 Å². The number of aromatic nitrogens is 3. The van der Waals surface area contributed by atoms with Gasteiger partial charge in [-0.3, -0.25) is 9.38 Å². The number of imidazole rings is 1. The lowest BCUT2D eigenvalue weighted by molar-refractivity contribution is 1.31. The molecule has 3 aromatic heterocycles. The molecule has 11 rings (SSSR count). The fourth-order valence-electron chi connectivity index (χ4n) is 8.31. The molecule has 226 valence electrons. The van der Waals surface area contributed by atoms with Crippen LogP contribution in [-0.4, -0.2) is 14.4 Å². The van der Waals surface area contributed by atoms with Crippen LogP contribution in [0.5, 0.6) is 0 Å². The van der Waals surface area contributed by atoms with Crippen molar-refractivity contribution in [2.75, 3.05) is 0 Å². The second kappa shape index (κ2) is 9.96. The third kappa shape index (κ3) is 3.67. The van der Waals surface area contributed by atoms with Gasteiger partial charge < -0.3 is 0 Å². The SMILES string of the molecule is c1ccc2c(-c3c4ccccc4c(-c4ccc5c6ccc7cccnc7c6c6nc7ccccc7n6c5c4)c4ccccc34)cccc2c1. The Labute approximate surface area is 281 Å². The molecule has 0 aliphatic rings. The Morgan fingerprint density at radius 2 is 1.08 bits per heavy atom. The van der Waals surface area contributed by atoms with Gasteiger partial charge in [0, 0.05) is 17.0 Å². The Bertz CT molecular complexity index is 3110. The highest BCUT2D eigenvalue weighted by Gasteiger charge is 2.20. The van der Waals surface area contributed by atoms with E-state index in [0.717, 1.165) is 43.9 Å². The van der Waals surface area contributed by atoms with Gasteiger partial charge in [0.1, 0.15) is 5.65 Å². The molecule has 0 atom stereocenters. The van der Waals surface area contributed by atoms with E-state index >= 15 is 0 Å². The summed E-state index contributed by atoms with van der Waals surface area (Å²) in [5.74, 6) is 0. The van der Waals surface area contributed by atoms with Crippen LogP contribution in [0.25, 0.3) is 104 Å². The highest BCUT2D eigenvalue weighted by Crippen LogP contribution is 2.46. The summed E-state index contributed by atoms with van der Waals surface area (Å²) in [7, 11) is 0. The van der Waals surface area contributed by atoms with E-state index in [1.807, 2.05) is 12.3 Å². The number of hydrogen-bond acceptors (Lipinski definition) is 2. The highest BCUT2D eigenvalue weighted by atomic mass is 15.0. The van der Waals surface area contributed by atoms with Crippen molar-refractivity contribution in [3.05, 3.63) is 164 Å². The number of fused-ring (bicyclic) bond motifs is 13. The van der Waals surface area contributed by atoms with E-state index in [9.17, 15) is 0 Å². The standard InChI is InChI=1S/C46H27N3/c1-2-14-31-28(11-1)12-9-19-33(31)43-36-17-5-3-15-34(36)42(35-16-4-6-18-37(35)43)30-23-24-32-38-25-22-29-13-10-26-47-45(29)44(38)46-48-39-20-7-8-21-40(39)49(46)41(32)27-30/h1-27H. The normalized spacial score (nSPS) is 12.1. The van der Waals surface area contributed by atoms with E-state index < -0.39 is 0 Å². The minimum atomic E-state index is 0.936. The maximum absolute atomic E-state index is 5.24. The topological polar surface area (TPSA) is 30.2 Å². The largest absolute Gasteiger partial charge is 0.292 e. The van der Waals surface area contributed by atoms with Gasteiger partial charge in [-0.2, -0.15) is 0 Å². The van der Waals surface area contributed by atoms with Crippen LogP contribution in [0.15, 0.2) is 164 Å². The van der Waals surface area contributed by atoms with E-state index in [-0.39, 0.29) is 0 Å². The minimum absolute atomic E-state index is 0.936. The fourth-order valence-corrected chi connectivity index (χ4v) is 8.31. The third-order valence-electron chi connectivity index (χ3n) is 10.4. The molecule has 0 unspecified atom stereocenters. The molecule has 3 heteroatoms. The van der Waals surface area contributed by atoms with Gasteiger partial charge in [-0.25, -0.2) is 4.98 Å². The van der Waals surface area contributed by atoms with Gasteiger partial charge in [0.15, 0.2) is 0 Å². The first-order chi connectivity index (χ1) is 24.3. The van der Waals surface area contributed by atoms with Gasteiger partial charge in [-0.15, -0.1) is 0 Å². The molecule has 0 aliphatic heterocycles. The number of nitrogens with zero attached hydrogens (tertiary/aromatic N) is 3. The smallest absolute Gasteiger partial charge is 0.148 e. The Morgan fingerprint density at radius 1 is 0.429 bits per heavy atom. The van der Waals surface area contributed by atoms with Crippen molar-refractivity contribution in [3.63, 3.8) is 0 Å². The summed E-state index contributed by atoms with van der Waals surface area (Å²) < 4.78 is 2.35. The van der Waals surface area contributed by atoms with Crippen LogP contribution in [-0.2, 0) is 0 Å². The Hall–Kier alpha value is -6.58. The zero-order valence-corrected chi connectivity index (χ0v) is 26.4. The fraction of sp³-hybridized carbons (Fsp3) is 0. The molecule has 0 bridgehead atoms. The van der Waals surface area contributed by atoms with Crippen LogP contribution in [0.1, 0.15) is 0 Å². The number of pyridine rings is 2. The lowest BCUT2D eigenvalue weighted by atomic mass is 9.84. The molecule has 0 saturated carbocycles. The van der Waals surface area contributed by atoms with Crippen LogP contribution in [0.2, 0.25) is 0 Å². The lowest BCUT2D eigenvalue weighted by Gasteiger charge is -2.19. The summed E-state index contributed by atoms with van der Waals surface area (Å²) in [5, 5.41) is 12.1. The molecule has 0 saturated heterocycles. The average molecular weight is 622 g/mol. The zero-order valence-electron chi connectivity index (χ0n) is 26.4. The number of rotatable bonds is 2. The number of benzene rings is 8. The summed E-state index contributed by atoms with van der Waals surface area (Å²) in [4.78, 5) is 10.1. The van der Waals surface area contributed by atoms with Crippen LogP contribution < -0.4 is 0 Å². The first-order valence-corrected chi connectivity index (χ1v) is 16.8. The second-order valence-corrected chi connectivity index (χ2v) is 12.9. The van der Waals surface area contributed by atoms with Gasteiger partial charge in [0.25, 0.3) is 0 Å². The molecule has 0 N–H and O–H groups in total. The Balaban J connectivity index is 1.29. The molecule has 0 amide bonds. The van der Waals surface area contributed by atoms with Gasteiger partial charge >= 0.3 is 0 Å². The molecule has 0 aliphatic carbocycles. The van der Waals surface area contributed by atoms with Crippen molar-refractivity contribution in [3.8, 4) is 22.3 Å². The molecule has 8 aromatic carbocycles. The molecule has 11 aromatic rings. The molecular weight excluding hydrogens is 595 g/mol. The van der Waals surface area contributed by atoms with Gasteiger partial charge in [-0.1, -0.05) is 133 Å². The molecular formula is C46H27N3. The van der Waals surface area contributed by atoms with Crippen LogP contribution in [0.4, 0.5) is 0 Å². The van der Waals surface area contributed by atoms with Crippen LogP contribution in [0.3, 0.4) is 0 Å². The predicted octanol–water partition coefficient (Wildman–Crippen LogP) is 12.1. The van der Waals surface area contributed by atoms with Gasteiger partial charge in [-0.05, 0) is 84.2 Å². The molecule has 3 nitrogen and oxygen atoms in total. The lowest BCUT2D eigenvalue weighted by Crippen LogP contribution is -1.95. The summed E-state index contributed by atoms with van der Waals surface area (Å²) in [6.45, 7) is 0. The van der Waals surface area contributed by atoms with Crippen molar-refractivity contribution >= 4 is 81.6 Å². The maximum atomic E-state index is 5.24. The van der Waals surface area contributed by atoms with Crippen molar-refractivity contribution < 1.29 is 0 Å². The first kappa shape index (κ1) is 26.5. The van der Waals surface area contributed by atoms with Gasteiger partial charge in [0.2, 0.25) is 0 Å². The Morgan fingerprint density at radius 3 is 1.90 bits per heavy atom. The summed E-state index contributed by atoms with van der Waals surface area (Å²) in [6.07, 6.45) is 1.88. The van der Waals surface area contributed by atoms with Crippen molar-refractivity contribution in [2.45, 2.75) is 0 Å². The second-order valence-electron chi connectivity index (χ2n) is 12.9. The number of para-hydroxylation sites is 2. The monoisotopic (exact) mass is 621 g/mol. The molecule has 3 heterocycles. The van der Waals surface area contributed by atoms with Crippen molar-refractivity contribution in [1.29, 1.82) is 0 Å². The first-order valence-electron chi connectivity index (χ1n) is 16.8. The summed E-state index contributed by atoms with van der Waals surface area (Å²) in [5.41, 5.74) is 10.1. The molecule has 0 radical (unpaired) electrons. The predicted molar refractivity (Wildman–Crippen MR) is 206 cm³/mol. The van der Waals surface area contributed by atoms with E-state index in [2.05, 4.69) is 156 Å². The minimum Gasteiger partial charge on any atom is -0.292 e. The molecule has 49 heavy (non-hydrogen) atoms. The zero-order chi connectivity index (χ0) is 32.1. The maximum Gasteiger partial charge on any atom is 0.148 e. The quantitative estimate of drug-likeness (QED) is 0.142. The van der Waals surface area contributed by atoms with Gasteiger partial charge in [0.05, 0.1) is 27.5 Å². The highest BCUT2D eigenvalue weighted by molar-refractivity contribution is 6.25. The van der Waals surface area contributed by atoms with Crippen LogP contribution in [0, 0.1) is 0 Å².